The second-order valence-corrected chi connectivity index (χ2v) is 13.1. The van der Waals surface area contributed by atoms with Crippen LogP contribution in [-0.2, 0) is 34.5 Å². The van der Waals surface area contributed by atoms with E-state index in [9.17, 15) is 14.7 Å². The van der Waals surface area contributed by atoms with Crippen LogP contribution < -0.4 is 0 Å². The van der Waals surface area contributed by atoms with Crippen molar-refractivity contribution < 1.29 is 19.4 Å². The van der Waals surface area contributed by atoms with E-state index in [1.165, 1.54) is 33.8 Å². The Bertz CT molecular complexity index is 1480. The maximum absolute atomic E-state index is 13.2. The summed E-state index contributed by atoms with van der Waals surface area (Å²) in [6.45, 7) is 3.81. The van der Waals surface area contributed by atoms with Gasteiger partial charge in [0.1, 0.15) is 17.9 Å². The van der Waals surface area contributed by atoms with Gasteiger partial charge in [0.15, 0.2) is 0 Å². The van der Waals surface area contributed by atoms with Crippen LogP contribution in [0.15, 0.2) is 41.1 Å². The zero-order valence-electron chi connectivity index (χ0n) is 21.5. The first kappa shape index (κ1) is 25.1. The maximum atomic E-state index is 13.2. The van der Waals surface area contributed by atoms with E-state index in [1.54, 1.807) is 12.1 Å². The molecule has 10 heteroatoms. The number of aldehydes is 1. The Morgan fingerprint density at radius 3 is 2.51 bits per heavy atom. The highest BCUT2D eigenvalue weighted by Crippen LogP contribution is 2.50. The Hall–Kier alpha value is -2.92. The van der Waals surface area contributed by atoms with Gasteiger partial charge in [0.2, 0.25) is 5.60 Å². The van der Waals surface area contributed by atoms with Gasteiger partial charge in [-0.2, -0.15) is 0 Å². The third-order valence-corrected chi connectivity index (χ3v) is 10.6. The number of carbonyl (C=O) groups is 2. The topological polar surface area (TPSA) is 97.5 Å². The number of hydrogen-bond donors (Lipinski definition) is 1. The van der Waals surface area contributed by atoms with E-state index >= 15 is 0 Å². The molecule has 0 amide bonds. The zero-order valence-corrected chi connectivity index (χ0v) is 23.2. The van der Waals surface area contributed by atoms with E-state index in [2.05, 4.69) is 15.2 Å². The number of benzene rings is 1. The number of aryl methyl sites for hydroxylation is 2. The SMILES string of the molecule is O=Cc1cc2nnn(CCCN3CC4(CC(OC(=O)C(O)(c5cccs5)c5cccs5)C4)C3)c2c2c1CCC2. The first-order valence-corrected chi connectivity index (χ1v) is 15.3. The molecule has 0 atom stereocenters. The summed E-state index contributed by atoms with van der Waals surface area (Å²) in [5.74, 6) is -0.574. The number of likely N-dealkylation sites (tertiary alicyclic amines) is 1. The van der Waals surface area contributed by atoms with Crippen molar-refractivity contribution >= 4 is 46.0 Å². The van der Waals surface area contributed by atoms with E-state index in [-0.39, 0.29) is 11.5 Å². The predicted molar refractivity (Wildman–Crippen MR) is 149 cm³/mol. The Balaban J connectivity index is 0.916. The minimum Gasteiger partial charge on any atom is -0.460 e. The highest BCUT2D eigenvalue weighted by molar-refractivity contribution is 7.12. The van der Waals surface area contributed by atoms with Crippen molar-refractivity contribution in [1.82, 2.24) is 19.9 Å². The number of esters is 1. The van der Waals surface area contributed by atoms with Crippen LogP contribution in [0.25, 0.3) is 11.0 Å². The average molecular weight is 563 g/mol. The molecule has 202 valence electrons. The van der Waals surface area contributed by atoms with Crippen LogP contribution in [0.2, 0.25) is 0 Å². The van der Waals surface area contributed by atoms with Crippen LogP contribution in [0, 0.1) is 5.41 Å². The minimum atomic E-state index is -1.74. The fourth-order valence-electron chi connectivity index (χ4n) is 6.83. The molecule has 1 aliphatic heterocycles. The summed E-state index contributed by atoms with van der Waals surface area (Å²) in [6, 6.07) is 9.14. The summed E-state index contributed by atoms with van der Waals surface area (Å²) in [5, 5.41) is 23.9. The summed E-state index contributed by atoms with van der Waals surface area (Å²) in [6.07, 6.45) is 6.49. The number of rotatable bonds is 9. The number of carbonyl (C=O) groups excluding carboxylic acids is 2. The lowest BCUT2D eigenvalue weighted by Crippen LogP contribution is -2.64. The monoisotopic (exact) mass is 562 g/mol. The molecule has 7 rings (SSSR count). The number of aromatic nitrogens is 3. The third kappa shape index (κ3) is 4.16. The molecule has 1 spiro atoms. The van der Waals surface area contributed by atoms with Crippen molar-refractivity contribution in [2.24, 2.45) is 5.41 Å². The lowest BCUT2D eigenvalue weighted by molar-refractivity contribution is -0.191. The second-order valence-electron chi connectivity index (χ2n) is 11.2. The quantitative estimate of drug-likeness (QED) is 0.241. The van der Waals surface area contributed by atoms with E-state index in [0.717, 1.165) is 87.6 Å². The maximum Gasteiger partial charge on any atom is 0.349 e. The van der Waals surface area contributed by atoms with Gasteiger partial charge in [-0.1, -0.05) is 17.3 Å². The zero-order chi connectivity index (χ0) is 26.6. The highest BCUT2D eigenvalue weighted by Gasteiger charge is 2.55. The van der Waals surface area contributed by atoms with Gasteiger partial charge in [0, 0.05) is 30.6 Å². The molecular weight excluding hydrogens is 532 g/mol. The van der Waals surface area contributed by atoms with Crippen molar-refractivity contribution in [3.8, 4) is 0 Å². The van der Waals surface area contributed by atoms with Gasteiger partial charge in [-0.05, 0) is 85.2 Å². The standard InChI is InChI=1S/C29H30N4O4S2/c34-16-19-13-23-26(22-6-1-5-21(19)22)33(31-30-23)10-4-9-32-17-28(18-32)14-20(15-28)37-27(35)29(36,24-7-2-11-38-24)25-8-3-12-39-25/h2-3,7-8,11-13,16,20,36H,1,4-6,9-10,14-15,17-18H2. The van der Waals surface area contributed by atoms with Gasteiger partial charge < -0.3 is 14.7 Å². The van der Waals surface area contributed by atoms with E-state index < -0.39 is 11.6 Å². The summed E-state index contributed by atoms with van der Waals surface area (Å²) < 4.78 is 7.87. The van der Waals surface area contributed by atoms with E-state index in [0.29, 0.717) is 9.75 Å². The molecule has 4 heterocycles. The Kier molecular flexibility index (Phi) is 6.18. The largest absolute Gasteiger partial charge is 0.460 e. The lowest BCUT2D eigenvalue weighted by Gasteiger charge is -2.58. The predicted octanol–water partition coefficient (Wildman–Crippen LogP) is 4.19. The molecule has 2 fully saturated rings. The Labute approximate surface area is 234 Å². The van der Waals surface area contributed by atoms with Crippen molar-refractivity contribution in [2.75, 3.05) is 19.6 Å². The van der Waals surface area contributed by atoms with Gasteiger partial charge in [-0.25, -0.2) is 9.48 Å². The second kappa shape index (κ2) is 9.62. The molecule has 8 nitrogen and oxygen atoms in total. The van der Waals surface area contributed by atoms with E-state index in [4.69, 9.17) is 4.74 Å². The number of nitrogens with zero attached hydrogens (tertiary/aromatic N) is 4. The molecule has 1 aromatic carbocycles. The highest BCUT2D eigenvalue weighted by atomic mass is 32.1. The first-order chi connectivity index (χ1) is 19.0. The van der Waals surface area contributed by atoms with Gasteiger partial charge in [0.25, 0.3) is 0 Å². The minimum absolute atomic E-state index is 0.147. The molecule has 39 heavy (non-hydrogen) atoms. The smallest absolute Gasteiger partial charge is 0.349 e. The summed E-state index contributed by atoms with van der Waals surface area (Å²) in [5.41, 5.74) is 3.60. The molecule has 3 aromatic heterocycles. The number of hydrogen-bond acceptors (Lipinski definition) is 9. The molecule has 0 radical (unpaired) electrons. The molecule has 1 saturated carbocycles. The van der Waals surface area contributed by atoms with Crippen molar-refractivity contribution in [1.29, 1.82) is 0 Å². The molecule has 2 aliphatic carbocycles. The molecular formula is C29H30N4O4S2. The van der Waals surface area contributed by atoms with Gasteiger partial charge in [-0.15, -0.1) is 27.8 Å². The van der Waals surface area contributed by atoms with Crippen LogP contribution in [0.1, 0.15) is 56.9 Å². The van der Waals surface area contributed by atoms with Crippen molar-refractivity contribution in [3.63, 3.8) is 0 Å². The van der Waals surface area contributed by atoms with E-state index in [1.807, 2.05) is 33.6 Å². The van der Waals surface area contributed by atoms with Crippen LogP contribution >= 0.6 is 22.7 Å². The third-order valence-electron chi connectivity index (χ3n) is 8.64. The Morgan fingerprint density at radius 1 is 1.13 bits per heavy atom. The Morgan fingerprint density at radius 2 is 1.85 bits per heavy atom. The molecule has 4 aromatic rings. The van der Waals surface area contributed by atoms with Gasteiger partial charge >= 0.3 is 5.97 Å². The van der Waals surface area contributed by atoms with Crippen LogP contribution in [-0.4, -0.2) is 63.0 Å². The molecule has 1 saturated heterocycles. The average Bonchev–Trinajstić information content (AvgIpc) is 3.71. The number of ether oxygens (including phenoxy) is 1. The van der Waals surface area contributed by atoms with Crippen molar-refractivity contribution in [2.45, 2.75) is 56.8 Å². The normalized spacial score (nSPS) is 18.7. The molecule has 1 N–H and O–H groups in total. The molecule has 3 aliphatic rings. The van der Waals surface area contributed by atoms with Crippen LogP contribution in [0.4, 0.5) is 0 Å². The van der Waals surface area contributed by atoms with Crippen molar-refractivity contribution in [3.05, 3.63) is 67.5 Å². The fraction of sp³-hybridized carbons (Fsp3) is 0.448. The molecule has 0 unspecified atom stereocenters. The van der Waals surface area contributed by atoms with Gasteiger partial charge in [-0.3, -0.25) is 4.79 Å². The first-order valence-electron chi connectivity index (χ1n) is 13.6. The van der Waals surface area contributed by atoms with Crippen LogP contribution in [0.3, 0.4) is 0 Å². The summed E-state index contributed by atoms with van der Waals surface area (Å²) in [4.78, 5) is 28.3. The number of aliphatic hydroxyl groups is 1. The molecule has 0 bridgehead atoms. The number of thiophene rings is 2. The lowest BCUT2D eigenvalue weighted by atomic mass is 9.61. The van der Waals surface area contributed by atoms with Crippen LogP contribution in [0.5, 0.6) is 0 Å². The summed E-state index contributed by atoms with van der Waals surface area (Å²) >= 11 is 2.73. The fourth-order valence-corrected chi connectivity index (χ4v) is 8.55. The summed E-state index contributed by atoms with van der Waals surface area (Å²) in [7, 11) is 0. The number of fused-ring (bicyclic) bond motifs is 3. The van der Waals surface area contributed by atoms with Gasteiger partial charge in [0.05, 0.1) is 15.3 Å².